The summed E-state index contributed by atoms with van der Waals surface area (Å²) in [5, 5.41) is 0.618. The lowest BCUT2D eigenvalue weighted by Crippen LogP contribution is -2.33. The minimum atomic E-state index is -0.0262. The predicted octanol–water partition coefficient (Wildman–Crippen LogP) is 3.13. The van der Waals surface area contributed by atoms with Gasteiger partial charge < -0.3 is 4.90 Å². The van der Waals surface area contributed by atoms with Crippen molar-refractivity contribution in [3.8, 4) is 12.3 Å². The SMILES string of the molecule is C#CCN(CC1CC1)C(=O)c1ccc(C)c(Cl)c1. The van der Waals surface area contributed by atoms with E-state index >= 15 is 0 Å². The van der Waals surface area contributed by atoms with Gasteiger partial charge in [-0.2, -0.15) is 0 Å². The summed E-state index contributed by atoms with van der Waals surface area (Å²) in [7, 11) is 0. The van der Waals surface area contributed by atoms with Gasteiger partial charge in [0.1, 0.15) is 0 Å². The lowest BCUT2D eigenvalue weighted by atomic mass is 10.1. The Balaban J connectivity index is 2.15. The number of carbonyl (C=O) groups excluding carboxylic acids is 1. The first-order valence-electron chi connectivity index (χ1n) is 6.10. The van der Waals surface area contributed by atoms with E-state index in [1.54, 1.807) is 17.0 Å². The zero-order valence-corrected chi connectivity index (χ0v) is 11.2. The molecule has 0 atom stereocenters. The number of amides is 1. The van der Waals surface area contributed by atoms with Crippen LogP contribution in [0.4, 0.5) is 0 Å². The number of hydrogen-bond acceptors (Lipinski definition) is 1. The van der Waals surface area contributed by atoms with Crippen LogP contribution in [0.2, 0.25) is 5.02 Å². The zero-order chi connectivity index (χ0) is 13.1. The Morgan fingerprint density at radius 1 is 1.56 bits per heavy atom. The molecular formula is C15H16ClNO. The second-order valence-electron chi connectivity index (χ2n) is 4.80. The molecule has 0 aliphatic heterocycles. The lowest BCUT2D eigenvalue weighted by molar-refractivity contribution is 0.0770. The number of halogens is 1. The van der Waals surface area contributed by atoms with Crippen LogP contribution < -0.4 is 0 Å². The molecule has 0 N–H and O–H groups in total. The van der Waals surface area contributed by atoms with Crippen LogP contribution in [0.1, 0.15) is 28.8 Å². The third kappa shape index (κ3) is 3.05. The van der Waals surface area contributed by atoms with Crippen molar-refractivity contribution < 1.29 is 4.79 Å². The van der Waals surface area contributed by atoms with Gasteiger partial charge >= 0.3 is 0 Å². The van der Waals surface area contributed by atoms with Crippen molar-refractivity contribution in [2.45, 2.75) is 19.8 Å². The molecule has 0 saturated heterocycles. The highest BCUT2D eigenvalue weighted by Crippen LogP contribution is 2.30. The quantitative estimate of drug-likeness (QED) is 0.763. The second-order valence-corrected chi connectivity index (χ2v) is 5.20. The van der Waals surface area contributed by atoms with Crippen molar-refractivity contribution in [3.05, 3.63) is 34.3 Å². The van der Waals surface area contributed by atoms with Crippen LogP contribution in [0.5, 0.6) is 0 Å². The molecule has 0 radical (unpaired) electrons. The molecule has 1 aliphatic carbocycles. The number of nitrogens with zero attached hydrogens (tertiary/aromatic N) is 1. The van der Waals surface area contributed by atoms with E-state index < -0.39 is 0 Å². The number of aryl methyl sites for hydroxylation is 1. The molecule has 0 spiro atoms. The summed E-state index contributed by atoms with van der Waals surface area (Å²) in [5.41, 5.74) is 1.58. The van der Waals surface area contributed by atoms with E-state index in [0.717, 1.165) is 12.1 Å². The van der Waals surface area contributed by atoms with Gasteiger partial charge in [0.05, 0.1) is 6.54 Å². The monoisotopic (exact) mass is 261 g/mol. The maximum atomic E-state index is 12.3. The molecule has 2 rings (SSSR count). The predicted molar refractivity (Wildman–Crippen MR) is 73.6 cm³/mol. The first-order chi connectivity index (χ1) is 8.61. The van der Waals surface area contributed by atoms with Crippen LogP contribution in [0.15, 0.2) is 18.2 Å². The number of terminal acetylenes is 1. The summed E-state index contributed by atoms with van der Waals surface area (Å²) >= 11 is 6.05. The lowest BCUT2D eigenvalue weighted by Gasteiger charge is -2.20. The Bertz CT molecular complexity index is 500. The van der Waals surface area contributed by atoms with E-state index in [0.29, 0.717) is 23.0 Å². The van der Waals surface area contributed by atoms with Crippen LogP contribution in [-0.4, -0.2) is 23.9 Å². The van der Waals surface area contributed by atoms with Gasteiger partial charge in [-0.05, 0) is 43.4 Å². The van der Waals surface area contributed by atoms with Crippen molar-refractivity contribution in [2.24, 2.45) is 5.92 Å². The molecule has 1 saturated carbocycles. The van der Waals surface area contributed by atoms with Gasteiger partial charge in [0, 0.05) is 17.1 Å². The molecule has 1 aromatic rings. The Morgan fingerprint density at radius 2 is 2.28 bits per heavy atom. The number of hydrogen-bond donors (Lipinski definition) is 0. The molecular weight excluding hydrogens is 246 g/mol. The molecule has 1 fully saturated rings. The number of benzene rings is 1. The van der Waals surface area contributed by atoms with Gasteiger partial charge in [-0.3, -0.25) is 4.79 Å². The highest BCUT2D eigenvalue weighted by Gasteiger charge is 2.26. The Kier molecular flexibility index (Phi) is 3.93. The Morgan fingerprint density at radius 3 is 2.83 bits per heavy atom. The van der Waals surface area contributed by atoms with E-state index in [4.69, 9.17) is 18.0 Å². The first-order valence-corrected chi connectivity index (χ1v) is 6.48. The van der Waals surface area contributed by atoms with Crippen LogP contribution in [0.25, 0.3) is 0 Å². The van der Waals surface area contributed by atoms with Crippen molar-refractivity contribution in [1.29, 1.82) is 0 Å². The largest absolute Gasteiger partial charge is 0.327 e. The maximum Gasteiger partial charge on any atom is 0.254 e. The molecule has 0 aromatic heterocycles. The average Bonchev–Trinajstić information content (AvgIpc) is 3.15. The molecule has 0 unspecified atom stereocenters. The molecule has 0 bridgehead atoms. The number of rotatable bonds is 4. The van der Waals surface area contributed by atoms with Crippen molar-refractivity contribution in [1.82, 2.24) is 4.90 Å². The summed E-state index contributed by atoms with van der Waals surface area (Å²) in [6.07, 6.45) is 7.72. The molecule has 0 heterocycles. The van der Waals surface area contributed by atoms with Gasteiger partial charge in [-0.1, -0.05) is 23.6 Å². The molecule has 1 aliphatic rings. The van der Waals surface area contributed by atoms with Crippen LogP contribution in [0.3, 0.4) is 0 Å². The third-order valence-corrected chi connectivity index (χ3v) is 3.57. The summed E-state index contributed by atoms with van der Waals surface area (Å²) in [5.74, 6) is 3.15. The molecule has 1 aromatic carbocycles. The maximum absolute atomic E-state index is 12.3. The third-order valence-electron chi connectivity index (χ3n) is 3.16. The van der Waals surface area contributed by atoms with Crippen molar-refractivity contribution in [3.63, 3.8) is 0 Å². The Hall–Kier alpha value is -1.46. The Labute approximate surface area is 113 Å². The molecule has 3 heteroatoms. The van der Waals surface area contributed by atoms with Crippen molar-refractivity contribution in [2.75, 3.05) is 13.1 Å². The highest BCUT2D eigenvalue weighted by molar-refractivity contribution is 6.31. The van der Waals surface area contributed by atoms with E-state index in [1.165, 1.54) is 12.8 Å². The van der Waals surface area contributed by atoms with Gasteiger partial charge in [-0.15, -0.1) is 6.42 Å². The standard InChI is InChI=1S/C15H16ClNO/c1-3-8-17(10-12-5-6-12)15(18)13-7-4-11(2)14(16)9-13/h1,4,7,9,12H,5-6,8,10H2,2H3. The van der Waals surface area contributed by atoms with Gasteiger partial charge in [0.25, 0.3) is 5.91 Å². The summed E-state index contributed by atoms with van der Waals surface area (Å²) < 4.78 is 0. The van der Waals surface area contributed by atoms with E-state index in [2.05, 4.69) is 5.92 Å². The second kappa shape index (κ2) is 5.46. The fourth-order valence-corrected chi connectivity index (χ4v) is 2.03. The minimum absolute atomic E-state index is 0.0262. The smallest absolute Gasteiger partial charge is 0.254 e. The average molecular weight is 262 g/mol. The topological polar surface area (TPSA) is 20.3 Å². The van der Waals surface area contributed by atoms with Gasteiger partial charge in [-0.25, -0.2) is 0 Å². The fourth-order valence-electron chi connectivity index (χ4n) is 1.85. The van der Waals surface area contributed by atoms with Crippen LogP contribution in [0, 0.1) is 25.2 Å². The summed E-state index contributed by atoms with van der Waals surface area (Å²) in [6, 6.07) is 5.39. The molecule has 94 valence electrons. The van der Waals surface area contributed by atoms with E-state index in [9.17, 15) is 4.79 Å². The van der Waals surface area contributed by atoms with E-state index in [1.807, 2.05) is 13.0 Å². The summed E-state index contributed by atoms with van der Waals surface area (Å²) in [4.78, 5) is 14.1. The van der Waals surface area contributed by atoms with Gasteiger partial charge in [0.15, 0.2) is 0 Å². The molecule has 2 nitrogen and oxygen atoms in total. The van der Waals surface area contributed by atoms with E-state index in [-0.39, 0.29) is 5.91 Å². The summed E-state index contributed by atoms with van der Waals surface area (Å²) in [6.45, 7) is 3.04. The minimum Gasteiger partial charge on any atom is -0.327 e. The van der Waals surface area contributed by atoms with Crippen molar-refractivity contribution >= 4 is 17.5 Å². The fraction of sp³-hybridized carbons (Fsp3) is 0.400. The van der Waals surface area contributed by atoms with Gasteiger partial charge in [0.2, 0.25) is 0 Å². The van der Waals surface area contributed by atoms with Crippen LogP contribution in [-0.2, 0) is 0 Å². The first kappa shape index (κ1) is 13.0. The zero-order valence-electron chi connectivity index (χ0n) is 10.4. The molecule has 18 heavy (non-hydrogen) atoms. The normalized spacial score (nSPS) is 14.1. The molecule has 1 amide bonds. The number of carbonyl (C=O) groups is 1. The van der Waals surface area contributed by atoms with Crippen LogP contribution >= 0.6 is 11.6 Å². The highest BCUT2D eigenvalue weighted by atomic mass is 35.5.